The van der Waals surface area contributed by atoms with Crippen molar-refractivity contribution in [3.05, 3.63) is 35.5 Å². The molecular weight excluding hydrogens is 451 g/mol. The van der Waals surface area contributed by atoms with Crippen molar-refractivity contribution in [3.8, 4) is 0 Å². The van der Waals surface area contributed by atoms with E-state index < -0.39 is 0 Å². The number of guanidine groups is 1. The lowest BCUT2D eigenvalue weighted by Crippen LogP contribution is -2.41. The molecule has 1 aliphatic heterocycles. The van der Waals surface area contributed by atoms with Crippen LogP contribution in [0.15, 0.2) is 29.4 Å². The normalized spacial score (nSPS) is 17.4. The molecule has 3 rings (SSSR count). The van der Waals surface area contributed by atoms with Gasteiger partial charge in [0.1, 0.15) is 0 Å². The number of nitrogens with one attached hydrogen (secondary N) is 2. The van der Waals surface area contributed by atoms with Crippen LogP contribution in [0.2, 0.25) is 0 Å². The number of likely N-dealkylation sites (tertiary alicyclic amines) is 1. The molecular formula is C21H33IN4O. The molecule has 0 spiro atoms. The van der Waals surface area contributed by atoms with Crippen LogP contribution in [0.25, 0.3) is 10.9 Å². The fraction of sp³-hybridized carbons (Fsp3) is 0.571. The maximum atomic E-state index is 5.58. The summed E-state index contributed by atoms with van der Waals surface area (Å²) in [6.07, 6.45) is 5.38. The summed E-state index contributed by atoms with van der Waals surface area (Å²) >= 11 is 0. The van der Waals surface area contributed by atoms with E-state index in [9.17, 15) is 0 Å². The zero-order valence-corrected chi connectivity index (χ0v) is 19.1. The number of aromatic nitrogens is 1. The zero-order valence-electron chi connectivity index (χ0n) is 16.8. The molecule has 5 nitrogen and oxygen atoms in total. The molecule has 1 aliphatic rings. The van der Waals surface area contributed by atoms with Crippen LogP contribution in [0.1, 0.15) is 31.4 Å². The van der Waals surface area contributed by atoms with E-state index in [1.165, 1.54) is 28.5 Å². The summed E-state index contributed by atoms with van der Waals surface area (Å²) in [7, 11) is 1.87. The summed E-state index contributed by atoms with van der Waals surface area (Å²) < 4.78 is 5.58. The smallest absolute Gasteiger partial charge is 0.193 e. The molecule has 1 unspecified atom stereocenters. The minimum atomic E-state index is 0. The van der Waals surface area contributed by atoms with E-state index in [-0.39, 0.29) is 24.0 Å². The second-order valence-electron chi connectivity index (χ2n) is 6.99. The summed E-state index contributed by atoms with van der Waals surface area (Å²) in [5, 5.41) is 4.89. The Hall–Kier alpha value is -1.28. The summed E-state index contributed by atoms with van der Waals surface area (Å²) in [5.74, 6) is 1.63. The van der Waals surface area contributed by atoms with Crippen LogP contribution >= 0.6 is 24.0 Å². The van der Waals surface area contributed by atoms with E-state index in [2.05, 4.69) is 58.4 Å². The summed E-state index contributed by atoms with van der Waals surface area (Å²) in [6.45, 7) is 8.91. The number of aliphatic imine (C=N–C) groups is 1. The first kappa shape index (κ1) is 22.0. The van der Waals surface area contributed by atoms with Gasteiger partial charge in [0.15, 0.2) is 5.96 Å². The molecule has 2 heterocycles. The number of hydrogen-bond donors (Lipinski definition) is 2. The summed E-state index contributed by atoms with van der Waals surface area (Å²) in [5.41, 5.74) is 4.04. The summed E-state index contributed by atoms with van der Waals surface area (Å²) in [4.78, 5) is 10.3. The van der Waals surface area contributed by atoms with Crippen LogP contribution in [0.5, 0.6) is 0 Å². The minimum Gasteiger partial charge on any atom is -0.381 e. The molecule has 27 heavy (non-hydrogen) atoms. The molecule has 1 aromatic carbocycles. The molecule has 150 valence electrons. The number of benzene rings is 1. The number of halogens is 1. The van der Waals surface area contributed by atoms with Crippen molar-refractivity contribution in [1.82, 2.24) is 15.2 Å². The second kappa shape index (κ2) is 10.9. The first-order valence-corrected chi connectivity index (χ1v) is 9.88. The van der Waals surface area contributed by atoms with E-state index in [4.69, 9.17) is 4.74 Å². The van der Waals surface area contributed by atoms with Gasteiger partial charge in [-0.15, -0.1) is 24.0 Å². The van der Waals surface area contributed by atoms with Crippen molar-refractivity contribution in [2.45, 2.75) is 33.1 Å². The Kier molecular flexibility index (Phi) is 8.89. The number of ether oxygens (including phenoxy) is 1. The lowest BCUT2D eigenvalue weighted by molar-refractivity contribution is 0.114. The van der Waals surface area contributed by atoms with Gasteiger partial charge in [0.05, 0.1) is 6.61 Å². The van der Waals surface area contributed by atoms with Gasteiger partial charge >= 0.3 is 0 Å². The summed E-state index contributed by atoms with van der Waals surface area (Å²) in [6, 6.07) is 6.58. The first-order chi connectivity index (χ1) is 12.8. The molecule has 2 aromatic rings. The Balaban J connectivity index is 0.00000261. The highest BCUT2D eigenvalue weighted by atomic mass is 127. The molecule has 0 aliphatic carbocycles. The van der Waals surface area contributed by atoms with Crippen molar-refractivity contribution in [2.24, 2.45) is 10.9 Å². The number of rotatable bonds is 7. The van der Waals surface area contributed by atoms with Crippen molar-refractivity contribution in [1.29, 1.82) is 0 Å². The molecule has 1 aromatic heterocycles. The van der Waals surface area contributed by atoms with Gasteiger partial charge in [-0.3, -0.25) is 4.99 Å². The lowest BCUT2D eigenvalue weighted by Gasteiger charge is -2.21. The topological polar surface area (TPSA) is 52.6 Å². The Labute approximate surface area is 180 Å². The van der Waals surface area contributed by atoms with Crippen molar-refractivity contribution in [2.75, 3.05) is 39.9 Å². The van der Waals surface area contributed by atoms with E-state index >= 15 is 0 Å². The number of aryl methyl sites for hydroxylation is 1. The van der Waals surface area contributed by atoms with Crippen LogP contribution in [0.3, 0.4) is 0 Å². The maximum absolute atomic E-state index is 5.58. The van der Waals surface area contributed by atoms with Gasteiger partial charge < -0.3 is 19.9 Å². The fourth-order valence-corrected chi connectivity index (χ4v) is 3.86. The van der Waals surface area contributed by atoms with Crippen molar-refractivity contribution >= 4 is 40.8 Å². The Morgan fingerprint density at radius 2 is 2.19 bits per heavy atom. The minimum absolute atomic E-state index is 0. The number of para-hydroxylation sites is 1. The van der Waals surface area contributed by atoms with Crippen LogP contribution in [0, 0.1) is 5.92 Å². The van der Waals surface area contributed by atoms with Crippen molar-refractivity contribution < 1.29 is 4.74 Å². The Morgan fingerprint density at radius 1 is 1.33 bits per heavy atom. The first-order valence-electron chi connectivity index (χ1n) is 9.88. The number of fused-ring (bicyclic) bond motifs is 1. The largest absolute Gasteiger partial charge is 0.381 e. The fourth-order valence-electron chi connectivity index (χ4n) is 3.86. The zero-order chi connectivity index (χ0) is 18.4. The highest BCUT2D eigenvalue weighted by molar-refractivity contribution is 14.0. The van der Waals surface area contributed by atoms with Crippen LogP contribution in [0.4, 0.5) is 0 Å². The molecule has 1 saturated heterocycles. The van der Waals surface area contributed by atoms with Gasteiger partial charge in [-0.05, 0) is 37.3 Å². The van der Waals surface area contributed by atoms with E-state index in [0.29, 0.717) is 5.92 Å². The average Bonchev–Trinajstić information content (AvgIpc) is 3.30. The maximum Gasteiger partial charge on any atom is 0.193 e. The third-order valence-electron chi connectivity index (χ3n) is 5.30. The van der Waals surface area contributed by atoms with Crippen molar-refractivity contribution in [3.63, 3.8) is 0 Å². The lowest BCUT2D eigenvalue weighted by atomic mass is 10.1. The van der Waals surface area contributed by atoms with Gasteiger partial charge in [0, 0.05) is 56.3 Å². The molecule has 6 heteroatoms. The highest BCUT2D eigenvalue weighted by Crippen LogP contribution is 2.22. The molecule has 1 atom stereocenters. The third-order valence-corrected chi connectivity index (χ3v) is 5.30. The van der Waals surface area contributed by atoms with Crippen LogP contribution in [-0.4, -0.2) is 55.7 Å². The van der Waals surface area contributed by atoms with E-state index in [1.54, 1.807) is 0 Å². The highest BCUT2D eigenvalue weighted by Gasteiger charge is 2.24. The number of nitrogens with zero attached hydrogens (tertiary/aromatic N) is 2. The van der Waals surface area contributed by atoms with Gasteiger partial charge in [-0.2, -0.15) is 0 Å². The second-order valence-corrected chi connectivity index (χ2v) is 6.99. The van der Waals surface area contributed by atoms with Gasteiger partial charge in [-0.25, -0.2) is 0 Å². The quantitative estimate of drug-likeness (QED) is 0.357. The standard InChI is InChI=1S/C21H32N4O.HI/c1-4-17-7-6-8-19-18(13-24-20(17)19)9-11-23-21(22-3)25-12-10-16(14-25)15-26-5-2;/h6-8,13,16,24H,4-5,9-12,14-15H2,1-3H3,(H,22,23);1H. The third kappa shape index (κ3) is 5.38. The van der Waals surface area contributed by atoms with Gasteiger partial charge in [-0.1, -0.05) is 25.1 Å². The predicted octanol–water partition coefficient (Wildman–Crippen LogP) is 3.82. The molecule has 0 amide bonds. The SMILES string of the molecule is CCOCC1CCN(C(=NC)NCCc2c[nH]c3c(CC)cccc23)C1.I. The van der Waals surface area contributed by atoms with Gasteiger partial charge in [0.2, 0.25) is 0 Å². The molecule has 0 radical (unpaired) electrons. The monoisotopic (exact) mass is 484 g/mol. The molecule has 0 bridgehead atoms. The number of aromatic amines is 1. The molecule has 1 fully saturated rings. The Bertz CT molecular complexity index is 743. The van der Waals surface area contributed by atoms with Crippen LogP contribution < -0.4 is 5.32 Å². The number of H-pyrrole nitrogens is 1. The molecule has 2 N–H and O–H groups in total. The van der Waals surface area contributed by atoms with E-state index in [0.717, 1.165) is 51.6 Å². The Morgan fingerprint density at radius 3 is 2.93 bits per heavy atom. The predicted molar refractivity (Wildman–Crippen MR) is 124 cm³/mol. The van der Waals surface area contributed by atoms with Crippen LogP contribution in [-0.2, 0) is 17.6 Å². The average molecular weight is 484 g/mol. The molecule has 0 saturated carbocycles. The number of hydrogen-bond acceptors (Lipinski definition) is 2. The van der Waals surface area contributed by atoms with E-state index in [1.807, 2.05) is 7.05 Å². The van der Waals surface area contributed by atoms with Gasteiger partial charge in [0.25, 0.3) is 0 Å².